The maximum absolute atomic E-state index is 13.0. The minimum Gasteiger partial charge on any atom is -0.356 e. The van der Waals surface area contributed by atoms with Gasteiger partial charge in [0.15, 0.2) is 0 Å². The molecule has 2 fully saturated rings. The first-order valence-electron chi connectivity index (χ1n) is 9.48. The van der Waals surface area contributed by atoms with Crippen LogP contribution in [0, 0.1) is 5.92 Å². The summed E-state index contributed by atoms with van der Waals surface area (Å²) in [4.78, 5) is 39.9. The number of carbonyl (C=O) groups is 2. The van der Waals surface area contributed by atoms with E-state index < -0.39 is 5.54 Å². The van der Waals surface area contributed by atoms with Crippen LogP contribution >= 0.6 is 0 Å². The number of anilines is 1. The van der Waals surface area contributed by atoms with E-state index in [0.29, 0.717) is 38.4 Å². The van der Waals surface area contributed by atoms with Gasteiger partial charge in [-0.1, -0.05) is 13.8 Å². The minimum atomic E-state index is -0.713. The van der Waals surface area contributed by atoms with Crippen LogP contribution in [0.2, 0.25) is 0 Å². The summed E-state index contributed by atoms with van der Waals surface area (Å²) in [5.41, 5.74) is 0.200. The summed E-state index contributed by atoms with van der Waals surface area (Å²) in [7, 11) is 1.59. The number of pyridine rings is 2. The molecular weight excluding hydrogens is 342 g/mol. The van der Waals surface area contributed by atoms with Gasteiger partial charge in [-0.05, 0) is 37.0 Å². The van der Waals surface area contributed by atoms with Crippen molar-refractivity contribution in [2.75, 3.05) is 31.6 Å². The Kier molecular flexibility index (Phi) is 4.25. The molecule has 142 valence electrons. The van der Waals surface area contributed by atoms with Crippen molar-refractivity contribution >= 4 is 28.7 Å². The van der Waals surface area contributed by atoms with E-state index in [1.807, 2.05) is 18.2 Å². The fourth-order valence-corrected chi connectivity index (χ4v) is 4.31. The Morgan fingerprint density at radius 3 is 2.56 bits per heavy atom. The molecule has 4 rings (SSSR count). The summed E-state index contributed by atoms with van der Waals surface area (Å²) in [6.45, 7) is 6.12. The molecular formula is C20H25N5O2. The molecule has 1 spiro atoms. The number of likely N-dealkylation sites (N-methyl/N-ethyl adjacent to an activating group) is 1. The van der Waals surface area contributed by atoms with Gasteiger partial charge in [-0.3, -0.25) is 14.7 Å². The summed E-state index contributed by atoms with van der Waals surface area (Å²) in [6, 6.07) is 5.67. The average molecular weight is 367 g/mol. The summed E-state index contributed by atoms with van der Waals surface area (Å²) in [6.07, 6.45) is 4.79. The standard InChI is InChI=1S/C20H25N5O2/c1-14(2)13-25-19(27)23(3)18(26)20(25)7-11-24(12-8-20)17-15-5-4-9-21-16(15)6-10-22-17/h4-6,9-10,14H,7-8,11-13H2,1-3H3. The van der Waals surface area contributed by atoms with Gasteiger partial charge in [0, 0.05) is 44.5 Å². The first-order chi connectivity index (χ1) is 12.9. The molecule has 7 heteroatoms. The van der Waals surface area contributed by atoms with Crippen LogP contribution < -0.4 is 4.90 Å². The summed E-state index contributed by atoms with van der Waals surface area (Å²) in [5.74, 6) is 1.14. The van der Waals surface area contributed by atoms with Crippen LogP contribution in [0.4, 0.5) is 10.6 Å². The number of hydrogen-bond acceptors (Lipinski definition) is 5. The average Bonchev–Trinajstić information content (AvgIpc) is 2.84. The van der Waals surface area contributed by atoms with Crippen LogP contribution in [-0.4, -0.2) is 63.9 Å². The Hall–Kier alpha value is -2.70. The molecule has 0 aliphatic carbocycles. The van der Waals surface area contributed by atoms with Gasteiger partial charge < -0.3 is 9.80 Å². The number of piperidine rings is 1. The molecule has 4 heterocycles. The van der Waals surface area contributed by atoms with Crippen molar-refractivity contribution in [2.24, 2.45) is 5.92 Å². The third-order valence-corrected chi connectivity index (χ3v) is 5.68. The molecule has 0 unspecified atom stereocenters. The Balaban J connectivity index is 1.62. The number of imide groups is 1. The highest BCUT2D eigenvalue weighted by atomic mass is 16.2. The lowest BCUT2D eigenvalue weighted by Crippen LogP contribution is -2.57. The number of nitrogens with zero attached hydrogens (tertiary/aromatic N) is 5. The Bertz CT molecular complexity index is 884. The molecule has 0 saturated carbocycles. The van der Waals surface area contributed by atoms with Crippen LogP contribution in [-0.2, 0) is 4.79 Å². The van der Waals surface area contributed by atoms with Gasteiger partial charge in [0.1, 0.15) is 11.4 Å². The van der Waals surface area contributed by atoms with Gasteiger partial charge in [0.05, 0.1) is 5.52 Å². The molecule has 2 aliphatic rings. The molecule has 0 aromatic carbocycles. The molecule has 0 bridgehead atoms. The number of aromatic nitrogens is 2. The van der Waals surface area contributed by atoms with Crippen LogP contribution in [0.3, 0.4) is 0 Å². The third-order valence-electron chi connectivity index (χ3n) is 5.68. The second-order valence-corrected chi connectivity index (χ2v) is 7.87. The maximum atomic E-state index is 13.0. The van der Waals surface area contributed by atoms with Gasteiger partial charge in [0.25, 0.3) is 5.91 Å². The van der Waals surface area contributed by atoms with E-state index >= 15 is 0 Å². The number of urea groups is 1. The van der Waals surface area contributed by atoms with E-state index in [1.54, 1.807) is 24.3 Å². The topological polar surface area (TPSA) is 69.6 Å². The van der Waals surface area contributed by atoms with Crippen LogP contribution in [0.15, 0.2) is 30.6 Å². The number of fused-ring (bicyclic) bond motifs is 1. The van der Waals surface area contributed by atoms with Crippen molar-refractivity contribution < 1.29 is 9.59 Å². The van der Waals surface area contributed by atoms with Gasteiger partial charge in [-0.2, -0.15) is 0 Å². The number of carbonyl (C=O) groups excluding carboxylic acids is 2. The predicted octanol–water partition coefficient (Wildman–Crippen LogP) is 2.52. The molecule has 2 aliphatic heterocycles. The first-order valence-corrected chi connectivity index (χ1v) is 9.48. The highest BCUT2D eigenvalue weighted by molar-refractivity contribution is 6.07. The van der Waals surface area contributed by atoms with E-state index in [9.17, 15) is 9.59 Å². The number of hydrogen-bond donors (Lipinski definition) is 0. The van der Waals surface area contributed by atoms with Crippen molar-refractivity contribution in [3.63, 3.8) is 0 Å². The molecule has 7 nitrogen and oxygen atoms in total. The third kappa shape index (κ3) is 2.72. The lowest BCUT2D eigenvalue weighted by atomic mass is 9.85. The second kappa shape index (κ2) is 6.48. The van der Waals surface area contributed by atoms with Crippen molar-refractivity contribution in [1.82, 2.24) is 19.8 Å². The molecule has 2 aromatic rings. The molecule has 0 atom stereocenters. The summed E-state index contributed by atoms with van der Waals surface area (Å²) in [5, 5.41) is 1.01. The fraction of sp³-hybridized carbons (Fsp3) is 0.500. The Morgan fingerprint density at radius 1 is 1.11 bits per heavy atom. The van der Waals surface area contributed by atoms with Crippen molar-refractivity contribution in [1.29, 1.82) is 0 Å². The SMILES string of the molecule is CC(C)CN1C(=O)N(C)C(=O)C12CCN(c1nccc3ncccc13)CC2. The highest BCUT2D eigenvalue weighted by Gasteiger charge is 2.56. The van der Waals surface area contributed by atoms with Gasteiger partial charge in [-0.15, -0.1) is 0 Å². The van der Waals surface area contributed by atoms with E-state index in [-0.39, 0.29) is 11.9 Å². The zero-order valence-electron chi connectivity index (χ0n) is 16.1. The quantitative estimate of drug-likeness (QED) is 0.780. The lowest BCUT2D eigenvalue weighted by molar-refractivity contribution is -0.133. The number of rotatable bonds is 3. The minimum absolute atomic E-state index is 0.0691. The lowest BCUT2D eigenvalue weighted by Gasteiger charge is -2.43. The monoisotopic (exact) mass is 367 g/mol. The smallest absolute Gasteiger partial charge is 0.327 e. The normalized spacial score (nSPS) is 19.8. The molecule has 2 aromatic heterocycles. The Labute approximate surface area is 159 Å². The highest BCUT2D eigenvalue weighted by Crippen LogP contribution is 2.38. The van der Waals surface area contributed by atoms with Crippen LogP contribution in [0.1, 0.15) is 26.7 Å². The second-order valence-electron chi connectivity index (χ2n) is 7.87. The van der Waals surface area contributed by atoms with E-state index in [1.165, 1.54) is 4.90 Å². The van der Waals surface area contributed by atoms with Gasteiger partial charge >= 0.3 is 6.03 Å². The zero-order chi connectivity index (χ0) is 19.2. The van der Waals surface area contributed by atoms with E-state index in [0.717, 1.165) is 16.7 Å². The molecule has 0 radical (unpaired) electrons. The van der Waals surface area contributed by atoms with Crippen molar-refractivity contribution in [2.45, 2.75) is 32.2 Å². The van der Waals surface area contributed by atoms with Crippen LogP contribution in [0.5, 0.6) is 0 Å². The zero-order valence-corrected chi connectivity index (χ0v) is 16.1. The predicted molar refractivity (Wildman–Crippen MR) is 103 cm³/mol. The molecule has 2 saturated heterocycles. The van der Waals surface area contributed by atoms with Crippen LogP contribution in [0.25, 0.3) is 10.9 Å². The molecule has 27 heavy (non-hydrogen) atoms. The Morgan fingerprint density at radius 2 is 1.85 bits per heavy atom. The summed E-state index contributed by atoms with van der Waals surface area (Å²) >= 11 is 0. The fourth-order valence-electron chi connectivity index (χ4n) is 4.31. The first kappa shape index (κ1) is 17.7. The summed E-state index contributed by atoms with van der Waals surface area (Å²) < 4.78 is 0. The maximum Gasteiger partial charge on any atom is 0.327 e. The van der Waals surface area contributed by atoms with E-state index in [2.05, 4.69) is 28.7 Å². The number of amides is 3. The molecule has 3 amide bonds. The largest absolute Gasteiger partial charge is 0.356 e. The van der Waals surface area contributed by atoms with E-state index in [4.69, 9.17) is 0 Å². The van der Waals surface area contributed by atoms with Gasteiger partial charge in [0.2, 0.25) is 0 Å². The van der Waals surface area contributed by atoms with Gasteiger partial charge in [-0.25, -0.2) is 9.78 Å². The van der Waals surface area contributed by atoms with Crippen molar-refractivity contribution in [3.05, 3.63) is 30.6 Å². The van der Waals surface area contributed by atoms with Crippen molar-refractivity contribution in [3.8, 4) is 0 Å². The molecule has 0 N–H and O–H groups in total.